The highest BCUT2D eigenvalue weighted by molar-refractivity contribution is 5.87. The number of alkyl halides is 3. The lowest BCUT2D eigenvalue weighted by Gasteiger charge is -2.07. The molecule has 0 saturated carbocycles. The van der Waals surface area contributed by atoms with Gasteiger partial charge in [-0.15, -0.1) is 0 Å². The largest absolute Gasteiger partial charge is 0.478 e. The Kier molecular flexibility index (Phi) is 4.91. The average Bonchev–Trinajstić information content (AvgIpc) is 2.27. The lowest BCUT2D eigenvalue weighted by Crippen LogP contribution is -2.30. The number of hydrogen-bond donors (Lipinski definition) is 2. The van der Waals surface area contributed by atoms with E-state index in [0.717, 1.165) is 5.56 Å². The number of carbonyl (C=O) groups excluding carboxylic acids is 1. The summed E-state index contributed by atoms with van der Waals surface area (Å²) in [5, 5.41) is 10.8. The van der Waals surface area contributed by atoms with Crippen molar-refractivity contribution in [2.24, 2.45) is 0 Å². The monoisotopic (exact) mass is 275 g/mol. The summed E-state index contributed by atoms with van der Waals surface area (Å²) in [6, 6.07) is 5.91. The van der Waals surface area contributed by atoms with Gasteiger partial charge in [0.1, 0.15) is 6.42 Å². The second kappa shape index (κ2) is 6.21. The van der Waals surface area contributed by atoms with Crippen LogP contribution in [0, 0.1) is 0 Å². The minimum absolute atomic E-state index is 0.0708. The zero-order valence-corrected chi connectivity index (χ0v) is 9.83. The molecule has 0 aliphatic heterocycles. The Morgan fingerprint density at radius 2 is 1.74 bits per heavy atom. The second-order valence-corrected chi connectivity index (χ2v) is 3.89. The molecule has 0 bridgehead atoms. The van der Waals surface area contributed by atoms with Gasteiger partial charge in [0.2, 0.25) is 5.91 Å². The van der Waals surface area contributed by atoms with E-state index in [4.69, 9.17) is 5.11 Å². The Bertz CT molecular complexity index is 454. The number of rotatable bonds is 5. The number of amides is 1. The van der Waals surface area contributed by atoms with Gasteiger partial charge in [-0.2, -0.15) is 13.2 Å². The van der Waals surface area contributed by atoms with Gasteiger partial charge in [-0.3, -0.25) is 4.79 Å². The van der Waals surface area contributed by atoms with Crippen LogP contribution in [0.5, 0.6) is 0 Å². The van der Waals surface area contributed by atoms with Crippen molar-refractivity contribution in [3.63, 3.8) is 0 Å². The third-order valence-electron chi connectivity index (χ3n) is 2.30. The average molecular weight is 275 g/mol. The summed E-state index contributed by atoms with van der Waals surface area (Å²) < 4.78 is 35.6. The molecule has 1 aromatic rings. The van der Waals surface area contributed by atoms with E-state index in [2.05, 4.69) is 5.32 Å². The number of hydrogen-bond acceptors (Lipinski definition) is 2. The first kappa shape index (κ1) is 15.0. The molecule has 1 rings (SSSR count). The SMILES string of the molecule is O=C(CC(F)(F)F)NCCc1ccc(C(=O)O)cc1. The van der Waals surface area contributed by atoms with E-state index in [-0.39, 0.29) is 12.1 Å². The molecule has 0 heterocycles. The fraction of sp³-hybridized carbons (Fsp3) is 0.333. The van der Waals surface area contributed by atoms with Crippen molar-refractivity contribution in [2.45, 2.75) is 19.0 Å². The zero-order valence-electron chi connectivity index (χ0n) is 9.83. The van der Waals surface area contributed by atoms with E-state index in [1.165, 1.54) is 12.1 Å². The Morgan fingerprint density at radius 3 is 2.21 bits per heavy atom. The molecular formula is C12H12F3NO3. The zero-order chi connectivity index (χ0) is 14.5. The maximum atomic E-state index is 11.9. The number of benzene rings is 1. The van der Waals surface area contributed by atoms with Crippen LogP contribution in [0.25, 0.3) is 0 Å². The van der Waals surface area contributed by atoms with Crippen molar-refractivity contribution in [3.8, 4) is 0 Å². The second-order valence-electron chi connectivity index (χ2n) is 3.89. The number of carboxylic acids is 1. The van der Waals surface area contributed by atoms with Gasteiger partial charge in [0.25, 0.3) is 0 Å². The first-order valence-corrected chi connectivity index (χ1v) is 5.43. The van der Waals surface area contributed by atoms with Crippen LogP contribution in [0.1, 0.15) is 22.3 Å². The molecule has 0 atom stereocenters. The fourth-order valence-electron chi connectivity index (χ4n) is 1.40. The third-order valence-corrected chi connectivity index (χ3v) is 2.30. The molecule has 1 aromatic carbocycles. The molecule has 0 fully saturated rings. The highest BCUT2D eigenvalue weighted by Gasteiger charge is 2.30. The molecular weight excluding hydrogens is 263 g/mol. The topological polar surface area (TPSA) is 66.4 Å². The fourth-order valence-corrected chi connectivity index (χ4v) is 1.40. The predicted molar refractivity (Wildman–Crippen MR) is 60.8 cm³/mol. The van der Waals surface area contributed by atoms with E-state index in [1.807, 2.05) is 0 Å². The molecule has 0 aliphatic carbocycles. The lowest BCUT2D eigenvalue weighted by atomic mass is 10.1. The number of halogens is 3. The van der Waals surface area contributed by atoms with Crippen LogP contribution >= 0.6 is 0 Å². The highest BCUT2D eigenvalue weighted by Crippen LogP contribution is 2.18. The van der Waals surface area contributed by atoms with Crippen molar-refractivity contribution in [1.82, 2.24) is 5.32 Å². The van der Waals surface area contributed by atoms with Gasteiger partial charge in [-0.05, 0) is 24.1 Å². The molecule has 7 heteroatoms. The van der Waals surface area contributed by atoms with Crippen LogP contribution in [0.15, 0.2) is 24.3 Å². The Labute approximate surface area is 107 Å². The smallest absolute Gasteiger partial charge is 0.397 e. The van der Waals surface area contributed by atoms with Crippen molar-refractivity contribution in [1.29, 1.82) is 0 Å². The normalized spacial score (nSPS) is 11.1. The Balaban J connectivity index is 2.37. The molecule has 0 saturated heterocycles. The molecule has 1 amide bonds. The molecule has 19 heavy (non-hydrogen) atoms. The summed E-state index contributed by atoms with van der Waals surface area (Å²) in [6.07, 6.45) is -5.67. The Hall–Kier alpha value is -2.05. The van der Waals surface area contributed by atoms with E-state index < -0.39 is 24.5 Å². The summed E-state index contributed by atoms with van der Waals surface area (Å²) in [5.74, 6) is -2.13. The number of aromatic carboxylic acids is 1. The minimum Gasteiger partial charge on any atom is -0.478 e. The standard InChI is InChI=1S/C12H12F3NO3/c13-12(14,15)7-10(17)16-6-5-8-1-3-9(4-2-8)11(18)19/h1-4H,5-7H2,(H,16,17)(H,18,19). The number of nitrogens with one attached hydrogen (secondary N) is 1. The van der Waals surface area contributed by atoms with E-state index in [1.54, 1.807) is 12.1 Å². The van der Waals surface area contributed by atoms with Gasteiger partial charge in [-0.25, -0.2) is 4.79 Å². The van der Waals surface area contributed by atoms with Crippen molar-refractivity contribution in [2.75, 3.05) is 6.54 Å². The lowest BCUT2D eigenvalue weighted by molar-refractivity contribution is -0.153. The van der Waals surface area contributed by atoms with E-state index in [0.29, 0.717) is 6.42 Å². The van der Waals surface area contributed by atoms with Gasteiger partial charge in [0, 0.05) is 6.54 Å². The maximum Gasteiger partial charge on any atom is 0.397 e. The summed E-state index contributed by atoms with van der Waals surface area (Å²) in [6.45, 7) is 0.0708. The maximum absolute atomic E-state index is 11.9. The quantitative estimate of drug-likeness (QED) is 0.863. The first-order chi connectivity index (χ1) is 8.78. The van der Waals surface area contributed by atoms with Crippen LogP contribution in [-0.2, 0) is 11.2 Å². The minimum atomic E-state index is -4.51. The summed E-state index contributed by atoms with van der Waals surface area (Å²) in [5.41, 5.74) is 0.863. The van der Waals surface area contributed by atoms with Gasteiger partial charge in [0.05, 0.1) is 5.56 Å². The molecule has 4 nitrogen and oxygen atoms in total. The van der Waals surface area contributed by atoms with Crippen LogP contribution in [-0.4, -0.2) is 29.7 Å². The summed E-state index contributed by atoms with van der Waals surface area (Å²) >= 11 is 0. The molecule has 0 spiro atoms. The predicted octanol–water partition coefficient (Wildman–Crippen LogP) is 2.00. The van der Waals surface area contributed by atoms with E-state index >= 15 is 0 Å². The number of carbonyl (C=O) groups is 2. The van der Waals surface area contributed by atoms with Crippen molar-refractivity contribution < 1.29 is 27.9 Å². The molecule has 0 radical (unpaired) electrons. The number of carboxylic acid groups (broad SMARTS) is 1. The molecule has 2 N–H and O–H groups in total. The van der Waals surface area contributed by atoms with Crippen LogP contribution in [0.3, 0.4) is 0 Å². The van der Waals surface area contributed by atoms with Crippen LogP contribution in [0.4, 0.5) is 13.2 Å². The van der Waals surface area contributed by atoms with Crippen LogP contribution in [0.2, 0.25) is 0 Å². The summed E-state index contributed by atoms with van der Waals surface area (Å²) in [4.78, 5) is 21.5. The van der Waals surface area contributed by atoms with Gasteiger partial charge in [-0.1, -0.05) is 12.1 Å². The van der Waals surface area contributed by atoms with Gasteiger partial charge >= 0.3 is 12.1 Å². The third kappa shape index (κ3) is 5.89. The highest BCUT2D eigenvalue weighted by atomic mass is 19.4. The van der Waals surface area contributed by atoms with Crippen molar-refractivity contribution >= 4 is 11.9 Å². The van der Waals surface area contributed by atoms with Gasteiger partial charge < -0.3 is 10.4 Å². The molecule has 0 unspecified atom stereocenters. The van der Waals surface area contributed by atoms with E-state index in [9.17, 15) is 22.8 Å². The molecule has 0 aromatic heterocycles. The summed E-state index contributed by atoms with van der Waals surface area (Å²) in [7, 11) is 0. The van der Waals surface area contributed by atoms with Crippen molar-refractivity contribution in [3.05, 3.63) is 35.4 Å². The molecule has 0 aliphatic rings. The Morgan fingerprint density at radius 1 is 1.16 bits per heavy atom. The molecule has 104 valence electrons. The van der Waals surface area contributed by atoms with Crippen LogP contribution < -0.4 is 5.32 Å². The first-order valence-electron chi connectivity index (χ1n) is 5.43. The van der Waals surface area contributed by atoms with Gasteiger partial charge in [0.15, 0.2) is 0 Å².